The van der Waals surface area contributed by atoms with E-state index in [1.54, 1.807) is 0 Å². The van der Waals surface area contributed by atoms with Crippen molar-refractivity contribution in [1.29, 1.82) is 0 Å². The van der Waals surface area contributed by atoms with E-state index in [1.807, 2.05) is 41.8 Å². The quantitative estimate of drug-likeness (QED) is 0.696. The summed E-state index contributed by atoms with van der Waals surface area (Å²) >= 11 is 1.88. The second-order valence-electron chi connectivity index (χ2n) is 6.38. The number of hydrogen-bond acceptors (Lipinski definition) is 4. The molecule has 6 heteroatoms. The normalized spacial score (nSPS) is 14.4. The molecule has 3 N–H and O–H groups in total. The lowest BCUT2D eigenvalue weighted by atomic mass is 10.0. The Morgan fingerprint density at radius 1 is 1.16 bits per heavy atom. The van der Waals surface area contributed by atoms with E-state index in [-0.39, 0.29) is 11.8 Å². The van der Waals surface area contributed by atoms with Crippen molar-refractivity contribution < 1.29 is 9.59 Å². The molecule has 0 radical (unpaired) electrons. The SMILES string of the molecule is Cc1c(NC(=O)CCCCCCN)cccc1C(=O)N1CCSCC1. The van der Waals surface area contributed by atoms with E-state index >= 15 is 0 Å². The van der Waals surface area contributed by atoms with Gasteiger partial charge in [0.2, 0.25) is 5.91 Å². The van der Waals surface area contributed by atoms with Gasteiger partial charge in [-0.1, -0.05) is 18.9 Å². The Balaban J connectivity index is 1.93. The maximum atomic E-state index is 12.7. The Morgan fingerprint density at radius 3 is 2.60 bits per heavy atom. The summed E-state index contributed by atoms with van der Waals surface area (Å²) in [5.74, 6) is 2.06. The van der Waals surface area contributed by atoms with Crippen LogP contribution in [0, 0.1) is 6.92 Å². The zero-order valence-corrected chi connectivity index (χ0v) is 15.9. The molecule has 1 aromatic rings. The predicted molar refractivity (Wildman–Crippen MR) is 105 cm³/mol. The highest BCUT2D eigenvalue weighted by Gasteiger charge is 2.21. The van der Waals surface area contributed by atoms with E-state index in [0.29, 0.717) is 18.5 Å². The van der Waals surface area contributed by atoms with E-state index in [9.17, 15) is 9.59 Å². The number of rotatable bonds is 8. The van der Waals surface area contributed by atoms with E-state index in [1.165, 1.54) is 0 Å². The van der Waals surface area contributed by atoms with Crippen LogP contribution in [0.3, 0.4) is 0 Å². The van der Waals surface area contributed by atoms with Crippen LogP contribution in [0.1, 0.15) is 48.0 Å². The maximum absolute atomic E-state index is 12.7. The molecule has 2 amide bonds. The fourth-order valence-corrected chi connectivity index (χ4v) is 3.84. The van der Waals surface area contributed by atoms with E-state index in [0.717, 1.165) is 61.5 Å². The van der Waals surface area contributed by atoms with Crippen LogP contribution in [-0.4, -0.2) is 47.9 Å². The van der Waals surface area contributed by atoms with Crippen molar-refractivity contribution in [2.75, 3.05) is 36.5 Å². The molecule has 0 saturated carbocycles. The van der Waals surface area contributed by atoms with Crippen LogP contribution in [0.15, 0.2) is 18.2 Å². The lowest BCUT2D eigenvalue weighted by Crippen LogP contribution is -2.38. The molecule has 0 unspecified atom stereocenters. The van der Waals surface area contributed by atoms with Crippen LogP contribution < -0.4 is 11.1 Å². The number of nitrogens with zero attached hydrogens (tertiary/aromatic N) is 1. The molecule has 1 aliphatic rings. The van der Waals surface area contributed by atoms with E-state index in [4.69, 9.17) is 5.73 Å². The zero-order valence-electron chi connectivity index (χ0n) is 15.1. The molecule has 2 rings (SSSR count). The minimum Gasteiger partial charge on any atom is -0.337 e. The molecular formula is C19H29N3O2S. The van der Waals surface area contributed by atoms with Crippen LogP contribution in [0.5, 0.6) is 0 Å². The standard InChI is InChI=1S/C19H29N3O2S/c1-15-16(19(24)22-11-13-25-14-12-22)7-6-8-17(15)21-18(23)9-4-2-3-5-10-20/h6-8H,2-5,9-14,20H2,1H3,(H,21,23). The van der Waals surface area contributed by atoms with Crippen molar-refractivity contribution in [1.82, 2.24) is 4.90 Å². The van der Waals surface area contributed by atoms with Crippen LogP contribution in [-0.2, 0) is 4.79 Å². The number of carbonyl (C=O) groups is 2. The summed E-state index contributed by atoms with van der Waals surface area (Å²) in [5, 5.41) is 2.96. The number of hydrogen-bond donors (Lipinski definition) is 2. The third kappa shape index (κ3) is 6.04. The van der Waals surface area contributed by atoms with Gasteiger partial charge >= 0.3 is 0 Å². The lowest BCUT2D eigenvalue weighted by Gasteiger charge is -2.27. The molecule has 5 nitrogen and oxygen atoms in total. The molecule has 0 aromatic heterocycles. The van der Waals surface area contributed by atoms with Gasteiger partial charge in [0.25, 0.3) is 5.91 Å². The average molecular weight is 364 g/mol. The number of carbonyl (C=O) groups excluding carboxylic acids is 2. The summed E-state index contributed by atoms with van der Waals surface area (Å²) in [5.41, 5.74) is 7.75. The summed E-state index contributed by atoms with van der Waals surface area (Å²) in [6.45, 7) is 4.20. The number of thioether (sulfide) groups is 1. The number of anilines is 1. The highest BCUT2D eigenvalue weighted by Crippen LogP contribution is 2.22. The number of nitrogens with one attached hydrogen (secondary N) is 1. The first-order valence-electron chi connectivity index (χ1n) is 9.10. The minimum atomic E-state index is 0.00909. The highest BCUT2D eigenvalue weighted by molar-refractivity contribution is 7.99. The molecule has 1 fully saturated rings. The summed E-state index contributed by atoms with van der Waals surface area (Å²) in [4.78, 5) is 26.8. The van der Waals surface area contributed by atoms with Crippen LogP contribution >= 0.6 is 11.8 Å². The largest absolute Gasteiger partial charge is 0.337 e. The Morgan fingerprint density at radius 2 is 1.88 bits per heavy atom. The van der Waals surface area contributed by atoms with Crippen molar-refractivity contribution >= 4 is 29.3 Å². The van der Waals surface area contributed by atoms with Crippen molar-refractivity contribution in [2.45, 2.75) is 39.0 Å². The Bertz CT molecular complexity index is 586. The van der Waals surface area contributed by atoms with Gasteiger partial charge in [-0.25, -0.2) is 0 Å². The molecule has 1 heterocycles. The second kappa shape index (κ2) is 10.5. The predicted octanol–water partition coefficient (Wildman–Crippen LogP) is 3.03. The smallest absolute Gasteiger partial charge is 0.254 e. The summed E-state index contributed by atoms with van der Waals surface area (Å²) in [6, 6.07) is 5.56. The molecule has 0 aliphatic carbocycles. The molecule has 138 valence electrons. The number of nitrogens with two attached hydrogens (primary N) is 1. The Labute approximate surface area is 154 Å². The molecule has 0 spiro atoms. The van der Waals surface area contributed by atoms with Gasteiger partial charge in [-0.2, -0.15) is 11.8 Å². The van der Waals surface area contributed by atoms with Crippen LogP contribution in [0.4, 0.5) is 5.69 Å². The monoisotopic (exact) mass is 363 g/mol. The Hall–Kier alpha value is -1.53. The Kier molecular flexibility index (Phi) is 8.28. The average Bonchev–Trinajstić information content (AvgIpc) is 2.63. The molecule has 1 saturated heterocycles. The maximum Gasteiger partial charge on any atom is 0.254 e. The fourth-order valence-electron chi connectivity index (χ4n) is 2.94. The van der Waals surface area contributed by atoms with Crippen molar-refractivity contribution in [3.8, 4) is 0 Å². The number of amides is 2. The van der Waals surface area contributed by atoms with Crippen molar-refractivity contribution in [3.05, 3.63) is 29.3 Å². The van der Waals surface area contributed by atoms with Gasteiger partial charge < -0.3 is 16.0 Å². The van der Waals surface area contributed by atoms with Gasteiger partial charge in [-0.05, 0) is 44.0 Å². The van der Waals surface area contributed by atoms with Crippen LogP contribution in [0.25, 0.3) is 0 Å². The number of benzene rings is 1. The van der Waals surface area contributed by atoms with E-state index < -0.39 is 0 Å². The first kappa shape index (κ1) is 19.8. The highest BCUT2D eigenvalue weighted by atomic mass is 32.2. The van der Waals surface area contributed by atoms with E-state index in [2.05, 4.69) is 5.32 Å². The van der Waals surface area contributed by atoms with Gasteiger partial charge in [0.05, 0.1) is 0 Å². The topological polar surface area (TPSA) is 75.4 Å². The van der Waals surface area contributed by atoms with Gasteiger partial charge in [0.15, 0.2) is 0 Å². The molecule has 1 aromatic carbocycles. The minimum absolute atomic E-state index is 0.00909. The number of unbranched alkanes of at least 4 members (excludes halogenated alkanes) is 3. The summed E-state index contributed by atoms with van der Waals surface area (Å²) in [7, 11) is 0. The third-order valence-corrected chi connectivity index (χ3v) is 5.44. The molecule has 0 atom stereocenters. The van der Waals surface area contributed by atoms with Crippen molar-refractivity contribution in [2.24, 2.45) is 5.73 Å². The summed E-state index contributed by atoms with van der Waals surface area (Å²) < 4.78 is 0. The van der Waals surface area contributed by atoms with Crippen LogP contribution in [0.2, 0.25) is 0 Å². The van der Waals surface area contributed by atoms with Crippen molar-refractivity contribution in [3.63, 3.8) is 0 Å². The second-order valence-corrected chi connectivity index (χ2v) is 7.61. The first-order chi connectivity index (χ1) is 12.1. The third-order valence-electron chi connectivity index (χ3n) is 4.49. The molecule has 25 heavy (non-hydrogen) atoms. The molecular weight excluding hydrogens is 334 g/mol. The fraction of sp³-hybridized carbons (Fsp3) is 0.579. The van der Waals surface area contributed by atoms with Gasteiger partial charge in [-0.3, -0.25) is 9.59 Å². The molecule has 1 aliphatic heterocycles. The zero-order chi connectivity index (χ0) is 18.1. The lowest BCUT2D eigenvalue weighted by molar-refractivity contribution is -0.116. The summed E-state index contributed by atoms with van der Waals surface area (Å²) in [6.07, 6.45) is 4.48. The van der Waals surface area contributed by atoms with Gasteiger partial charge in [0, 0.05) is 42.3 Å². The van der Waals surface area contributed by atoms with Gasteiger partial charge in [-0.15, -0.1) is 0 Å². The molecule has 0 bridgehead atoms. The first-order valence-corrected chi connectivity index (χ1v) is 10.3. The van der Waals surface area contributed by atoms with Gasteiger partial charge in [0.1, 0.15) is 0 Å².